The number of aliphatic hydroxyl groups excluding tert-OH is 1. The Morgan fingerprint density at radius 1 is 1.73 bits per heavy atom. The van der Waals surface area contributed by atoms with E-state index in [-0.39, 0.29) is 12.5 Å². The maximum absolute atomic E-state index is 11.8. The second kappa shape index (κ2) is 4.44. The van der Waals surface area contributed by atoms with Crippen LogP contribution in [0.2, 0.25) is 0 Å². The third-order valence-corrected chi connectivity index (χ3v) is 2.60. The van der Waals surface area contributed by atoms with Crippen molar-refractivity contribution < 1.29 is 9.90 Å². The summed E-state index contributed by atoms with van der Waals surface area (Å²) in [4.78, 5) is 11.8. The van der Waals surface area contributed by atoms with Crippen LogP contribution in [-0.2, 0) is 7.05 Å². The smallest absolute Gasteiger partial charge is 0.270 e. The van der Waals surface area contributed by atoms with Gasteiger partial charge in [-0.3, -0.25) is 9.48 Å². The molecule has 1 atom stereocenters. The van der Waals surface area contributed by atoms with Crippen molar-refractivity contribution in [3.05, 3.63) is 18.0 Å². The lowest BCUT2D eigenvalue weighted by Crippen LogP contribution is -2.48. The number of carbonyl (C=O) groups excluding carboxylic acids is 1. The molecule has 0 radical (unpaired) electrons. The SMILES string of the molecule is CCC(C)(CO)NC(=O)c1ccnn1C. The van der Waals surface area contributed by atoms with Crippen LogP contribution in [0.5, 0.6) is 0 Å². The minimum atomic E-state index is -0.568. The normalized spacial score (nSPS) is 14.7. The number of aromatic nitrogens is 2. The fourth-order valence-electron chi connectivity index (χ4n) is 1.17. The fourth-order valence-corrected chi connectivity index (χ4v) is 1.17. The number of amides is 1. The highest BCUT2D eigenvalue weighted by molar-refractivity contribution is 5.92. The van der Waals surface area contributed by atoms with Crippen molar-refractivity contribution in [1.29, 1.82) is 0 Å². The summed E-state index contributed by atoms with van der Waals surface area (Å²) in [6, 6.07) is 1.64. The Balaban J connectivity index is 2.76. The van der Waals surface area contributed by atoms with E-state index in [0.29, 0.717) is 12.1 Å². The van der Waals surface area contributed by atoms with Gasteiger partial charge in [0.25, 0.3) is 5.91 Å². The summed E-state index contributed by atoms with van der Waals surface area (Å²) in [6.07, 6.45) is 2.24. The number of hydrogen-bond acceptors (Lipinski definition) is 3. The van der Waals surface area contributed by atoms with Crippen molar-refractivity contribution in [2.75, 3.05) is 6.61 Å². The molecule has 2 N–H and O–H groups in total. The topological polar surface area (TPSA) is 67.2 Å². The predicted molar refractivity (Wildman–Crippen MR) is 56.5 cm³/mol. The van der Waals surface area contributed by atoms with Crippen LogP contribution in [0.25, 0.3) is 0 Å². The first-order valence-corrected chi connectivity index (χ1v) is 4.94. The standard InChI is InChI=1S/C10H17N3O2/c1-4-10(2,7-14)12-9(15)8-5-6-11-13(8)3/h5-6,14H,4,7H2,1-3H3,(H,12,15). The minimum Gasteiger partial charge on any atom is -0.394 e. The second-order valence-electron chi connectivity index (χ2n) is 3.87. The monoisotopic (exact) mass is 211 g/mol. The number of nitrogens with zero attached hydrogens (tertiary/aromatic N) is 2. The van der Waals surface area contributed by atoms with E-state index in [9.17, 15) is 4.79 Å². The van der Waals surface area contributed by atoms with Crippen LogP contribution in [0, 0.1) is 0 Å². The first-order valence-electron chi connectivity index (χ1n) is 4.94. The summed E-state index contributed by atoms with van der Waals surface area (Å²) in [5.74, 6) is -0.214. The van der Waals surface area contributed by atoms with Crippen LogP contribution in [0.15, 0.2) is 12.3 Å². The number of aryl methyl sites for hydroxylation is 1. The molecule has 1 heterocycles. The Morgan fingerprint density at radius 2 is 2.40 bits per heavy atom. The molecule has 0 aliphatic heterocycles. The molecule has 0 spiro atoms. The van der Waals surface area contributed by atoms with Crippen LogP contribution < -0.4 is 5.32 Å². The molecular formula is C10H17N3O2. The zero-order valence-corrected chi connectivity index (χ0v) is 9.32. The summed E-state index contributed by atoms with van der Waals surface area (Å²) >= 11 is 0. The van der Waals surface area contributed by atoms with Gasteiger partial charge >= 0.3 is 0 Å². The van der Waals surface area contributed by atoms with Crippen molar-refractivity contribution >= 4 is 5.91 Å². The van der Waals surface area contributed by atoms with Crippen LogP contribution in [0.1, 0.15) is 30.8 Å². The average molecular weight is 211 g/mol. The van der Waals surface area contributed by atoms with Crippen molar-refractivity contribution in [2.45, 2.75) is 25.8 Å². The molecule has 5 nitrogen and oxygen atoms in total. The molecule has 1 amide bonds. The third-order valence-electron chi connectivity index (χ3n) is 2.60. The minimum absolute atomic E-state index is 0.0763. The van der Waals surface area contributed by atoms with Crippen LogP contribution in [-0.4, -0.2) is 32.9 Å². The van der Waals surface area contributed by atoms with Crippen molar-refractivity contribution in [2.24, 2.45) is 7.05 Å². The van der Waals surface area contributed by atoms with E-state index >= 15 is 0 Å². The average Bonchev–Trinajstić information content (AvgIpc) is 2.64. The maximum atomic E-state index is 11.8. The summed E-state index contributed by atoms with van der Waals surface area (Å²) < 4.78 is 1.50. The lowest BCUT2D eigenvalue weighted by molar-refractivity contribution is 0.0838. The van der Waals surface area contributed by atoms with Gasteiger partial charge in [0.05, 0.1) is 12.1 Å². The van der Waals surface area contributed by atoms with Gasteiger partial charge in [0, 0.05) is 13.2 Å². The van der Waals surface area contributed by atoms with Gasteiger partial charge in [-0.05, 0) is 19.4 Å². The number of aliphatic hydroxyl groups is 1. The molecule has 0 aliphatic carbocycles. The molecule has 0 aliphatic rings. The highest BCUT2D eigenvalue weighted by Crippen LogP contribution is 2.09. The predicted octanol–water partition coefficient (Wildman–Crippen LogP) is 0.311. The van der Waals surface area contributed by atoms with E-state index in [1.807, 2.05) is 6.92 Å². The first-order chi connectivity index (χ1) is 7.02. The van der Waals surface area contributed by atoms with E-state index in [0.717, 1.165) is 0 Å². The molecule has 1 rings (SSSR count). The van der Waals surface area contributed by atoms with Gasteiger partial charge < -0.3 is 10.4 Å². The molecule has 0 fully saturated rings. The van der Waals surface area contributed by atoms with Gasteiger partial charge in [0.15, 0.2) is 0 Å². The van der Waals surface area contributed by atoms with Gasteiger partial charge in [-0.2, -0.15) is 5.10 Å². The largest absolute Gasteiger partial charge is 0.394 e. The summed E-state index contributed by atoms with van der Waals surface area (Å²) in [7, 11) is 1.71. The molecule has 0 bridgehead atoms. The lowest BCUT2D eigenvalue weighted by Gasteiger charge is -2.27. The van der Waals surface area contributed by atoms with Gasteiger partial charge in [-0.25, -0.2) is 0 Å². The Hall–Kier alpha value is -1.36. The quantitative estimate of drug-likeness (QED) is 0.753. The third kappa shape index (κ3) is 2.56. The van der Waals surface area contributed by atoms with Crippen LogP contribution >= 0.6 is 0 Å². The molecule has 15 heavy (non-hydrogen) atoms. The molecule has 84 valence electrons. The van der Waals surface area contributed by atoms with Crippen molar-refractivity contribution in [3.63, 3.8) is 0 Å². The molecular weight excluding hydrogens is 194 g/mol. The molecule has 0 saturated carbocycles. The first kappa shape index (κ1) is 11.7. The van der Waals surface area contributed by atoms with Gasteiger partial charge in [0.2, 0.25) is 0 Å². The van der Waals surface area contributed by atoms with E-state index < -0.39 is 5.54 Å². The molecule has 0 aromatic carbocycles. The second-order valence-corrected chi connectivity index (χ2v) is 3.87. The molecule has 1 aromatic rings. The van der Waals surface area contributed by atoms with Gasteiger partial charge in [-0.15, -0.1) is 0 Å². The van der Waals surface area contributed by atoms with Gasteiger partial charge in [0.1, 0.15) is 5.69 Å². The van der Waals surface area contributed by atoms with E-state index in [4.69, 9.17) is 5.11 Å². The number of carbonyl (C=O) groups is 1. The van der Waals surface area contributed by atoms with Crippen LogP contribution in [0.3, 0.4) is 0 Å². The molecule has 1 unspecified atom stereocenters. The van der Waals surface area contributed by atoms with Crippen LogP contribution in [0.4, 0.5) is 0 Å². The Morgan fingerprint density at radius 3 is 2.80 bits per heavy atom. The Labute approximate surface area is 89.1 Å². The number of hydrogen-bond donors (Lipinski definition) is 2. The summed E-state index contributed by atoms with van der Waals surface area (Å²) in [5.41, 5.74) is -0.0791. The number of rotatable bonds is 4. The lowest BCUT2D eigenvalue weighted by atomic mass is 10.0. The highest BCUT2D eigenvalue weighted by atomic mass is 16.3. The summed E-state index contributed by atoms with van der Waals surface area (Å²) in [5, 5.41) is 15.9. The zero-order valence-electron chi connectivity index (χ0n) is 9.32. The number of nitrogens with one attached hydrogen (secondary N) is 1. The molecule has 5 heteroatoms. The Bertz CT molecular complexity index is 342. The fraction of sp³-hybridized carbons (Fsp3) is 0.600. The zero-order chi connectivity index (χ0) is 11.5. The van der Waals surface area contributed by atoms with E-state index in [2.05, 4.69) is 10.4 Å². The highest BCUT2D eigenvalue weighted by Gasteiger charge is 2.24. The van der Waals surface area contributed by atoms with E-state index in [1.54, 1.807) is 26.2 Å². The van der Waals surface area contributed by atoms with Crippen molar-refractivity contribution in [1.82, 2.24) is 15.1 Å². The van der Waals surface area contributed by atoms with Crippen molar-refractivity contribution in [3.8, 4) is 0 Å². The van der Waals surface area contributed by atoms with Gasteiger partial charge in [-0.1, -0.05) is 6.92 Å². The van der Waals surface area contributed by atoms with E-state index in [1.165, 1.54) is 4.68 Å². The molecule has 0 saturated heterocycles. The Kier molecular flexibility index (Phi) is 3.47. The summed E-state index contributed by atoms with van der Waals surface area (Å²) in [6.45, 7) is 3.65. The molecule has 1 aromatic heterocycles. The maximum Gasteiger partial charge on any atom is 0.270 e.